The van der Waals surface area contributed by atoms with E-state index in [9.17, 15) is 9.59 Å². The van der Waals surface area contributed by atoms with E-state index in [4.69, 9.17) is 19.2 Å². The fraction of sp³-hybridized carbons (Fsp3) is 0.270. The van der Waals surface area contributed by atoms with E-state index in [1.807, 2.05) is 48.7 Å². The quantitative estimate of drug-likeness (QED) is 0.195. The summed E-state index contributed by atoms with van der Waals surface area (Å²) < 4.78 is 17.4. The van der Waals surface area contributed by atoms with Gasteiger partial charge in [0.25, 0.3) is 5.91 Å². The number of unbranched alkanes of at least 4 members (excludes halogenated alkanes) is 1. The van der Waals surface area contributed by atoms with Crippen molar-refractivity contribution in [3.8, 4) is 22.6 Å². The van der Waals surface area contributed by atoms with Crippen LogP contribution in [0, 0.1) is 0 Å². The zero-order valence-electron chi connectivity index (χ0n) is 25.7. The summed E-state index contributed by atoms with van der Waals surface area (Å²) in [5.74, 6) is 0.923. The molecule has 0 fully saturated rings. The van der Waals surface area contributed by atoms with Crippen molar-refractivity contribution < 1.29 is 23.8 Å². The smallest absolute Gasteiger partial charge is 0.414 e. The minimum atomic E-state index is -0.431. The second kappa shape index (κ2) is 11.8. The topological polar surface area (TPSA) is 80.7 Å². The van der Waals surface area contributed by atoms with Gasteiger partial charge >= 0.3 is 6.09 Å². The molecule has 0 bridgehead atoms. The highest BCUT2D eigenvalue weighted by atomic mass is 16.6. The van der Waals surface area contributed by atoms with Gasteiger partial charge in [-0.3, -0.25) is 19.6 Å². The first-order chi connectivity index (χ1) is 22.0. The van der Waals surface area contributed by atoms with Crippen molar-refractivity contribution in [1.29, 1.82) is 0 Å². The molecule has 228 valence electrons. The number of aliphatic imine (C=N–C) groups is 1. The van der Waals surface area contributed by atoms with Gasteiger partial charge in [0.05, 0.1) is 31.0 Å². The number of fused-ring (bicyclic) bond motifs is 7. The number of hydrogen-bond donors (Lipinski definition) is 0. The van der Waals surface area contributed by atoms with Crippen molar-refractivity contribution in [3.05, 3.63) is 101 Å². The normalized spacial score (nSPS) is 15.8. The third-order valence-corrected chi connectivity index (χ3v) is 8.95. The molecule has 8 heteroatoms. The van der Waals surface area contributed by atoms with Crippen LogP contribution in [0.3, 0.4) is 0 Å². The van der Waals surface area contributed by atoms with Crippen molar-refractivity contribution in [1.82, 2.24) is 0 Å². The number of carbonyl (C=O) groups excluding carboxylic acids is 2. The van der Waals surface area contributed by atoms with E-state index in [-0.39, 0.29) is 24.5 Å². The Hall–Kier alpha value is -5.11. The summed E-state index contributed by atoms with van der Waals surface area (Å²) in [4.78, 5) is 35.2. The third kappa shape index (κ3) is 5.00. The van der Waals surface area contributed by atoms with Crippen LogP contribution in [0.2, 0.25) is 0 Å². The predicted octanol–water partition coefficient (Wildman–Crippen LogP) is 7.55. The summed E-state index contributed by atoms with van der Waals surface area (Å²) in [6, 6.07) is 25.5. The molecule has 0 spiro atoms. The molecular formula is C37H35N3O5. The van der Waals surface area contributed by atoms with Gasteiger partial charge in [0.15, 0.2) is 11.5 Å². The lowest BCUT2D eigenvalue weighted by Crippen LogP contribution is -2.37. The van der Waals surface area contributed by atoms with Crippen LogP contribution in [0.25, 0.3) is 11.1 Å². The van der Waals surface area contributed by atoms with Crippen molar-refractivity contribution in [2.75, 3.05) is 37.2 Å². The molecule has 8 nitrogen and oxygen atoms in total. The molecular weight excluding hydrogens is 566 g/mol. The van der Waals surface area contributed by atoms with Crippen LogP contribution in [0.5, 0.6) is 11.5 Å². The lowest BCUT2D eigenvalue weighted by atomic mass is 9.98. The minimum Gasteiger partial charge on any atom is -0.493 e. The van der Waals surface area contributed by atoms with E-state index in [2.05, 4.69) is 31.2 Å². The Kier molecular flexibility index (Phi) is 7.49. The summed E-state index contributed by atoms with van der Waals surface area (Å²) in [5.41, 5.74) is 8.21. The maximum atomic E-state index is 13.9. The van der Waals surface area contributed by atoms with Crippen LogP contribution in [0.1, 0.15) is 52.7 Å². The van der Waals surface area contributed by atoms with E-state index >= 15 is 0 Å². The van der Waals surface area contributed by atoms with Crippen LogP contribution < -0.4 is 19.3 Å². The SMILES string of the molecule is CCCCOc1cc2c(cc1OC)C(=O)N1c3ccc(N(C)C(=O)OCC4c5ccccc5-c5ccccc54)cc3C[C@H]1C=N2. The Morgan fingerprint density at radius 1 is 0.956 bits per heavy atom. The molecule has 0 saturated carbocycles. The van der Waals surface area contributed by atoms with E-state index in [1.165, 1.54) is 27.2 Å². The van der Waals surface area contributed by atoms with Gasteiger partial charge in [-0.25, -0.2) is 4.79 Å². The van der Waals surface area contributed by atoms with Crippen LogP contribution in [0.15, 0.2) is 83.9 Å². The van der Waals surface area contributed by atoms with E-state index in [1.54, 1.807) is 31.2 Å². The first-order valence-electron chi connectivity index (χ1n) is 15.4. The molecule has 0 N–H and O–H groups in total. The standard InChI is InChI=1S/C37H35N3O5/c1-4-5-16-44-35-20-32-30(19-34(35)43-3)36(41)40-25(21-38-32)18-23-17-24(14-15-33(23)40)39(2)37(42)45-22-31-28-12-8-6-10-26(28)27-11-7-9-13-29(27)31/h6-15,17,19-21,25,31H,4-5,16,18,22H2,1-3H3/t25-/m0/s1. The molecule has 0 unspecified atom stereocenters. The number of benzene rings is 4. The zero-order valence-corrected chi connectivity index (χ0v) is 25.7. The third-order valence-electron chi connectivity index (χ3n) is 8.95. The highest BCUT2D eigenvalue weighted by molar-refractivity contribution is 6.15. The highest BCUT2D eigenvalue weighted by Crippen LogP contribution is 2.45. The molecule has 7 rings (SSSR count). The fourth-order valence-electron chi connectivity index (χ4n) is 6.57. The van der Waals surface area contributed by atoms with Crippen molar-refractivity contribution in [2.45, 2.75) is 38.1 Å². The zero-order chi connectivity index (χ0) is 31.1. The number of amides is 2. The Bertz CT molecular complexity index is 1790. The average Bonchev–Trinajstić information content (AvgIpc) is 3.56. The van der Waals surface area contributed by atoms with E-state index < -0.39 is 6.09 Å². The van der Waals surface area contributed by atoms with E-state index in [0.717, 1.165) is 24.1 Å². The van der Waals surface area contributed by atoms with Crippen LogP contribution in [-0.4, -0.2) is 51.6 Å². The molecule has 0 saturated heterocycles. The molecule has 0 aromatic heterocycles. The fourth-order valence-corrected chi connectivity index (χ4v) is 6.57. The summed E-state index contributed by atoms with van der Waals surface area (Å²) in [5, 5.41) is 0. The largest absolute Gasteiger partial charge is 0.493 e. The summed E-state index contributed by atoms with van der Waals surface area (Å²) in [6.07, 6.45) is 3.92. The number of nitrogens with zero attached hydrogens (tertiary/aromatic N) is 3. The van der Waals surface area contributed by atoms with Crippen molar-refractivity contribution in [3.63, 3.8) is 0 Å². The minimum absolute atomic E-state index is 0.0135. The van der Waals surface area contributed by atoms with Crippen molar-refractivity contribution in [2.24, 2.45) is 4.99 Å². The number of methoxy groups -OCH3 is 1. The highest BCUT2D eigenvalue weighted by Gasteiger charge is 2.37. The van der Waals surface area contributed by atoms with Gasteiger partial charge < -0.3 is 14.2 Å². The number of rotatable bonds is 8. The second-order valence-corrected chi connectivity index (χ2v) is 11.6. The molecule has 2 amide bonds. The molecule has 2 aliphatic heterocycles. The van der Waals surface area contributed by atoms with Crippen LogP contribution in [-0.2, 0) is 11.2 Å². The number of anilines is 2. The lowest BCUT2D eigenvalue weighted by Gasteiger charge is -2.23. The van der Waals surface area contributed by atoms with Crippen LogP contribution >= 0.6 is 0 Å². The van der Waals surface area contributed by atoms with Gasteiger partial charge in [-0.05, 0) is 58.5 Å². The van der Waals surface area contributed by atoms with Gasteiger partial charge in [-0.2, -0.15) is 0 Å². The predicted molar refractivity (Wildman–Crippen MR) is 176 cm³/mol. The van der Waals surface area contributed by atoms with Gasteiger partial charge in [0.2, 0.25) is 0 Å². The average molecular weight is 602 g/mol. The van der Waals surface area contributed by atoms with Gasteiger partial charge in [0, 0.05) is 43.0 Å². The molecule has 45 heavy (non-hydrogen) atoms. The maximum absolute atomic E-state index is 13.9. The summed E-state index contributed by atoms with van der Waals surface area (Å²) in [7, 11) is 3.28. The van der Waals surface area contributed by atoms with Crippen LogP contribution in [0.4, 0.5) is 21.9 Å². The molecule has 4 aromatic rings. The molecule has 1 aliphatic carbocycles. The monoisotopic (exact) mass is 601 g/mol. The molecule has 3 aliphatic rings. The molecule has 0 radical (unpaired) electrons. The molecule has 2 heterocycles. The maximum Gasteiger partial charge on any atom is 0.414 e. The number of hydrogen-bond acceptors (Lipinski definition) is 6. The Balaban J connectivity index is 1.08. The molecule has 1 atom stereocenters. The van der Waals surface area contributed by atoms with Gasteiger partial charge in [-0.1, -0.05) is 61.9 Å². The molecule has 4 aromatic carbocycles. The summed E-state index contributed by atoms with van der Waals surface area (Å²) >= 11 is 0. The first kappa shape index (κ1) is 28.6. The van der Waals surface area contributed by atoms with E-state index in [0.29, 0.717) is 41.5 Å². The Morgan fingerprint density at radius 3 is 2.40 bits per heavy atom. The van der Waals surface area contributed by atoms with Gasteiger partial charge in [-0.15, -0.1) is 0 Å². The Labute approximate surface area is 262 Å². The lowest BCUT2D eigenvalue weighted by molar-refractivity contribution is 0.0986. The van der Waals surface area contributed by atoms with Gasteiger partial charge in [0.1, 0.15) is 6.61 Å². The first-order valence-corrected chi connectivity index (χ1v) is 15.4. The summed E-state index contributed by atoms with van der Waals surface area (Å²) in [6.45, 7) is 2.92. The number of carbonyl (C=O) groups is 2. The second-order valence-electron chi connectivity index (χ2n) is 11.6. The van der Waals surface area contributed by atoms with Crippen molar-refractivity contribution >= 4 is 35.3 Å². The number of ether oxygens (including phenoxy) is 3. The Morgan fingerprint density at radius 2 is 1.69 bits per heavy atom.